The van der Waals surface area contributed by atoms with Gasteiger partial charge < -0.3 is 19.2 Å². The Bertz CT molecular complexity index is 152. The normalized spacial score (nSPS) is 9.83. The summed E-state index contributed by atoms with van der Waals surface area (Å²) in [6, 6.07) is 0. The van der Waals surface area contributed by atoms with Gasteiger partial charge in [-0.3, -0.25) is 9.11 Å². The summed E-state index contributed by atoms with van der Waals surface area (Å²) in [4.78, 5) is 31.8. The van der Waals surface area contributed by atoms with Crippen LogP contribution in [0.2, 0.25) is 0 Å². The van der Waals surface area contributed by atoms with Crippen molar-refractivity contribution >= 4 is 19.4 Å². The van der Waals surface area contributed by atoms with Gasteiger partial charge in [0.1, 0.15) is 9.05 Å². The molecule has 0 saturated carbocycles. The average Bonchev–Trinajstić information content (AvgIpc) is 1.12. The quantitative estimate of drug-likeness (QED) is 0.239. The predicted molar refractivity (Wildman–Crippen MR) is 24.4 cm³/mol. The van der Waals surface area contributed by atoms with Crippen molar-refractivity contribution in [3.05, 3.63) is 0 Å². The molecule has 0 aromatic heterocycles. The smallest absolute Gasteiger partial charge is 0.828 e. The van der Waals surface area contributed by atoms with Crippen LogP contribution >= 0.6 is 0 Å². The fourth-order valence-corrected chi connectivity index (χ4v) is 0. The van der Waals surface area contributed by atoms with Crippen LogP contribution in [0.3, 0.4) is 0 Å². The summed E-state index contributed by atoms with van der Waals surface area (Å²) in [5.74, 6) is 0. The Kier molecular flexibility index (Phi) is 18.7. The standard InChI is InChI=1S/2Na.H2O4S.H2O4Si/c;;2*1-5(2,3)4/h;;(H2,1,2,3,4);1-2H/q2*+1;;-2. The first-order chi connectivity index (χ1) is 4.00. The van der Waals surface area contributed by atoms with E-state index in [1.54, 1.807) is 0 Å². The maximum absolute atomic E-state index is 8.80. The number of hydrogen-bond acceptors (Lipinski definition) is 6. The van der Waals surface area contributed by atoms with Gasteiger partial charge in [-0.05, 0) is 0 Å². The fourth-order valence-electron chi connectivity index (χ4n) is 0. The molecular weight excluding hydrogens is 234 g/mol. The van der Waals surface area contributed by atoms with Crippen molar-refractivity contribution in [2.75, 3.05) is 0 Å². The molecule has 0 aromatic carbocycles. The van der Waals surface area contributed by atoms with Gasteiger partial charge in [0.2, 0.25) is 0 Å². The molecule has 0 atom stereocenters. The van der Waals surface area contributed by atoms with Gasteiger partial charge in [0.15, 0.2) is 0 Å². The van der Waals surface area contributed by atoms with E-state index >= 15 is 0 Å². The van der Waals surface area contributed by atoms with E-state index in [-0.39, 0.29) is 59.1 Å². The average molecular weight is 238 g/mol. The molecule has 0 aliphatic carbocycles. The van der Waals surface area contributed by atoms with Crippen LogP contribution in [0.25, 0.3) is 0 Å². The molecule has 0 heterocycles. The van der Waals surface area contributed by atoms with Crippen LogP contribution in [-0.4, -0.2) is 36.2 Å². The Morgan fingerprint density at radius 2 is 1.00 bits per heavy atom. The molecule has 64 valence electrons. The van der Waals surface area contributed by atoms with Crippen LogP contribution in [0.4, 0.5) is 0 Å². The second-order valence-electron chi connectivity index (χ2n) is 0.996. The first-order valence-corrected chi connectivity index (χ1v) is 4.66. The molecule has 0 aromatic rings. The Morgan fingerprint density at radius 1 is 1.00 bits per heavy atom. The van der Waals surface area contributed by atoms with E-state index in [2.05, 4.69) is 0 Å². The van der Waals surface area contributed by atoms with Gasteiger partial charge in [0.25, 0.3) is 0 Å². The molecular formula is H4Na2O8SSi. The summed E-state index contributed by atoms with van der Waals surface area (Å²) in [6.45, 7) is 0. The van der Waals surface area contributed by atoms with Crippen molar-refractivity contribution in [3.8, 4) is 0 Å². The molecule has 0 amide bonds. The summed E-state index contributed by atoms with van der Waals surface area (Å²) in [5.41, 5.74) is 0. The van der Waals surface area contributed by atoms with Crippen molar-refractivity contribution in [3.63, 3.8) is 0 Å². The van der Waals surface area contributed by atoms with Crippen molar-refractivity contribution in [1.29, 1.82) is 0 Å². The number of hydrogen-bond donors (Lipinski definition) is 4. The molecule has 0 aliphatic rings. The fraction of sp³-hybridized carbons (Fsp3) is 0. The van der Waals surface area contributed by atoms with Crippen LogP contribution in [0, 0.1) is 0 Å². The van der Waals surface area contributed by atoms with E-state index in [9.17, 15) is 0 Å². The molecule has 0 bridgehead atoms. The Hall–Kier alpha value is 1.93. The van der Waals surface area contributed by atoms with E-state index in [1.165, 1.54) is 0 Å². The Morgan fingerprint density at radius 3 is 1.00 bits per heavy atom. The first kappa shape index (κ1) is 23.6. The van der Waals surface area contributed by atoms with Gasteiger partial charge in [-0.1, -0.05) is 0 Å². The first-order valence-electron chi connectivity index (χ1n) is 1.55. The monoisotopic (exact) mass is 238 g/mol. The predicted octanol–water partition coefficient (Wildman–Crippen LogP) is -10.5. The maximum atomic E-state index is 8.80. The Balaban J connectivity index is -0.0000000457. The van der Waals surface area contributed by atoms with Gasteiger partial charge in [-0.25, -0.2) is 0 Å². The molecule has 8 nitrogen and oxygen atoms in total. The summed E-state index contributed by atoms with van der Waals surface area (Å²) in [5, 5.41) is 0. The summed E-state index contributed by atoms with van der Waals surface area (Å²) >= 11 is 0. The molecule has 4 N–H and O–H groups in total. The second-order valence-corrected chi connectivity index (χ2v) is 2.99. The van der Waals surface area contributed by atoms with Crippen LogP contribution < -0.4 is 68.7 Å². The zero-order chi connectivity index (χ0) is 9.00. The minimum absolute atomic E-state index is 0. The Labute approximate surface area is 114 Å². The van der Waals surface area contributed by atoms with E-state index < -0.39 is 19.4 Å². The van der Waals surface area contributed by atoms with Crippen LogP contribution in [-0.2, 0) is 10.4 Å². The zero-order valence-corrected chi connectivity index (χ0v) is 12.1. The van der Waals surface area contributed by atoms with Crippen molar-refractivity contribution in [2.45, 2.75) is 0 Å². The SMILES string of the molecule is O=S(=O)(O)O.[Na+].[Na+].[O-][Si]([O-])(O)O. The van der Waals surface area contributed by atoms with Gasteiger partial charge in [0, 0.05) is 0 Å². The molecule has 0 unspecified atom stereocenters. The molecule has 0 rings (SSSR count). The van der Waals surface area contributed by atoms with E-state index in [0.29, 0.717) is 0 Å². The minimum Gasteiger partial charge on any atom is -0.828 e. The van der Waals surface area contributed by atoms with Crippen molar-refractivity contribution in [2.24, 2.45) is 0 Å². The largest absolute Gasteiger partial charge is 1.00 e. The van der Waals surface area contributed by atoms with Gasteiger partial charge >= 0.3 is 69.5 Å². The minimum atomic E-state index is -5.11. The van der Waals surface area contributed by atoms with Crippen LogP contribution in [0.15, 0.2) is 0 Å². The second kappa shape index (κ2) is 9.48. The third-order valence-corrected chi connectivity index (χ3v) is 0. The van der Waals surface area contributed by atoms with Crippen molar-refractivity contribution in [1.82, 2.24) is 0 Å². The van der Waals surface area contributed by atoms with E-state index in [0.717, 1.165) is 0 Å². The van der Waals surface area contributed by atoms with Gasteiger partial charge in [-0.2, -0.15) is 8.42 Å². The molecule has 0 saturated heterocycles. The zero-order valence-electron chi connectivity index (χ0n) is 6.33. The van der Waals surface area contributed by atoms with Crippen molar-refractivity contribution < 1.29 is 95.8 Å². The molecule has 12 heavy (non-hydrogen) atoms. The van der Waals surface area contributed by atoms with Crippen LogP contribution in [0.5, 0.6) is 0 Å². The van der Waals surface area contributed by atoms with E-state index in [1.807, 2.05) is 0 Å². The third kappa shape index (κ3) is 384. The maximum Gasteiger partial charge on any atom is 1.00 e. The summed E-state index contributed by atoms with van der Waals surface area (Å²) in [7, 11) is -9.78. The molecule has 0 fully saturated rings. The van der Waals surface area contributed by atoms with Gasteiger partial charge in [0.05, 0.1) is 0 Å². The molecule has 0 spiro atoms. The molecule has 12 heteroatoms. The number of rotatable bonds is 0. The summed E-state index contributed by atoms with van der Waals surface area (Å²) < 4.78 is 31.6. The topological polar surface area (TPSA) is 161 Å². The summed E-state index contributed by atoms with van der Waals surface area (Å²) in [6.07, 6.45) is 0. The van der Waals surface area contributed by atoms with E-state index in [4.69, 9.17) is 36.7 Å². The van der Waals surface area contributed by atoms with Gasteiger partial charge in [-0.15, -0.1) is 0 Å². The third-order valence-electron chi connectivity index (χ3n) is 0. The van der Waals surface area contributed by atoms with Crippen LogP contribution in [0.1, 0.15) is 0 Å². The molecule has 0 radical (unpaired) electrons. The molecule has 0 aliphatic heterocycles.